The van der Waals surface area contributed by atoms with Gasteiger partial charge in [0.1, 0.15) is 0 Å². The van der Waals surface area contributed by atoms with Crippen LogP contribution < -0.4 is 5.32 Å². The van der Waals surface area contributed by atoms with Gasteiger partial charge in [0.25, 0.3) is 0 Å². The summed E-state index contributed by atoms with van der Waals surface area (Å²) in [6.07, 6.45) is 1.10. The number of nitrogens with zero attached hydrogens (tertiary/aromatic N) is 2. The van der Waals surface area contributed by atoms with Gasteiger partial charge < -0.3 is 15.0 Å². The number of nitrogens with one attached hydrogen (secondary N) is 1. The molecule has 0 aliphatic carbocycles. The van der Waals surface area contributed by atoms with Gasteiger partial charge in [0.2, 0.25) is 5.91 Å². The highest BCUT2D eigenvalue weighted by atomic mass is 35.5. The third kappa shape index (κ3) is 4.32. The second-order valence-corrected chi connectivity index (χ2v) is 5.43. The van der Waals surface area contributed by atoms with E-state index < -0.39 is 0 Å². The molecule has 1 N–H and O–H groups in total. The molecular weight excluding hydrogens is 278 g/mol. The summed E-state index contributed by atoms with van der Waals surface area (Å²) in [6, 6.07) is 0.492. The molecule has 0 aromatic carbocycles. The Labute approximate surface area is 128 Å². The van der Waals surface area contributed by atoms with Crippen LogP contribution in [0.15, 0.2) is 0 Å². The minimum absolute atomic E-state index is 0. The molecule has 0 saturated carbocycles. The SMILES string of the molecule is CCOCCN1CCN(C(=O)C2CNC2)CC1CC.Cl. The van der Waals surface area contributed by atoms with Crippen LogP contribution in [0.2, 0.25) is 0 Å². The van der Waals surface area contributed by atoms with Crippen LogP contribution in [-0.2, 0) is 9.53 Å². The van der Waals surface area contributed by atoms with Crippen molar-refractivity contribution >= 4 is 18.3 Å². The Hall–Kier alpha value is -0.360. The Morgan fingerprint density at radius 1 is 1.30 bits per heavy atom. The molecule has 2 heterocycles. The van der Waals surface area contributed by atoms with Crippen LogP contribution in [0.5, 0.6) is 0 Å². The number of hydrogen-bond acceptors (Lipinski definition) is 4. The number of rotatable bonds is 6. The summed E-state index contributed by atoms with van der Waals surface area (Å²) in [7, 11) is 0. The smallest absolute Gasteiger partial charge is 0.228 e. The summed E-state index contributed by atoms with van der Waals surface area (Å²) < 4.78 is 5.44. The van der Waals surface area contributed by atoms with Crippen LogP contribution in [0.4, 0.5) is 0 Å². The second-order valence-electron chi connectivity index (χ2n) is 5.43. The van der Waals surface area contributed by atoms with Gasteiger partial charge in [-0.15, -0.1) is 12.4 Å². The largest absolute Gasteiger partial charge is 0.380 e. The zero-order chi connectivity index (χ0) is 13.7. The number of halogens is 1. The lowest BCUT2D eigenvalue weighted by atomic mass is 10.00. The molecule has 0 aromatic heterocycles. The molecule has 0 aromatic rings. The van der Waals surface area contributed by atoms with Crippen LogP contribution in [0.25, 0.3) is 0 Å². The Bertz CT molecular complexity index is 300. The van der Waals surface area contributed by atoms with E-state index in [1.54, 1.807) is 0 Å². The van der Waals surface area contributed by atoms with E-state index in [1.807, 2.05) is 6.92 Å². The van der Waals surface area contributed by atoms with Gasteiger partial charge >= 0.3 is 0 Å². The third-order valence-electron chi connectivity index (χ3n) is 4.25. The summed E-state index contributed by atoms with van der Waals surface area (Å²) >= 11 is 0. The van der Waals surface area contributed by atoms with Crippen molar-refractivity contribution in [1.29, 1.82) is 0 Å². The van der Waals surface area contributed by atoms with Gasteiger partial charge in [-0.1, -0.05) is 6.92 Å². The molecule has 2 aliphatic rings. The lowest BCUT2D eigenvalue weighted by molar-refractivity contribution is -0.140. The molecule has 118 valence electrons. The molecular formula is C14H28ClN3O2. The zero-order valence-corrected chi connectivity index (χ0v) is 13.5. The topological polar surface area (TPSA) is 44.8 Å². The Balaban J connectivity index is 0.00000200. The highest BCUT2D eigenvalue weighted by Gasteiger charge is 2.33. The number of ether oxygens (including phenoxy) is 1. The quantitative estimate of drug-likeness (QED) is 0.730. The predicted octanol–water partition coefficient (Wildman–Crippen LogP) is 0.587. The minimum Gasteiger partial charge on any atom is -0.380 e. The van der Waals surface area contributed by atoms with Crippen molar-refractivity contribution in [2.75, 3.05) is 52.5 Å². The molecule has 5 nitrogen and oxygen atoms in total. The van der Waals surface area contributed by atoms with Crippen LogP contribution in [0.3, 0.4) is 0 Å². The molecule has 0 bridgehead atoms. The zero-order valence-electron chi connectivity index (χ0n) is 12.6. The standard InChI is InChI=1S/C14H27N3O2.ClH/c1-3-13-11-17(14(18)12-9-15-10-12)6-5-16(13)7-8-19-4-2;/h12-13,15H,3-11H2,1-2H3;1H. The number of amides is 1. The Morgan fingerprint density at radius 2 is 2.05 bits per heavy atom. The monoisotopic (exact) mass is 305 g/mol. The van der Waals surface area contributed by atoms with E-state index in [0.717, 1.165) is 58.9 Å². The maximum Gasteiger partial charge on any atom is 0.228 e. The van der Waals surface area contributed by atoms with Gasteiger partial charge in [-0.25, -0.2) is 0 Å². The molecule has 2 fully saturated rings. The first-order valence-electron chi connectivity index (χ1n) is 7.57. The first kappa shape index (κ1) is 17.7. The predicted molar refractivity (Wildman–Crippen MR) is 82.3 cm³/mol. The summed E-state index contributed by atoms with van der Waals surface area (Å²) in [4.78, 5) is 16.8. The highest BCUT2D eigenvalue weighted by molar-refractivity contribution is 5.85. The first-order chi connectivity index (χ1) is 9.26. The molecule has 2 saturated heterocycles. The molecule has 2 rings (SSSR count). The molecule has 1 amide bonds. The summed E-state index contributed by atoms with van der Waals surface area (Å²) in [5, 5.41) is 3.18. The van der Waals surface area contributed by atoms with Gasteiger partial charge in [-0.05, 0) is 13.3 Å². The maximum atomic E-state index is 12.3. The molecule has 0 spiro atoms. The van der Waals surface area contributed by atoms with E-state index >= 15 is 0 Å². The van der Waals surface area contributed by atoms with Gasteiger partial charge in [0.05, 0.1) is 12.5 Å². The van der Waals surface area contributed by atoms with Crippen LogP contribution in [0, 0.1) is 5.92 Å². The van der Waals surface area contributed by atoms with E-state index in [1.165, 1.54) is 0 Å². The van der Waals surface area contributed by atoms with Gasteiger partial charge in [0, 0.05) is 51.9 Å². The van der Waals surface area contributed by atoms with E-state index in [0.29, 0.717) is 11.9 Å². The first-order valence-corrected chi connectivity index (χ1v) is 7.57. The van der Waals surface area contributed by atoms with Gasteiger partial charge in [0.15, 0.2) is 0 Å². The van der Waals surface area contributed by atoms with Gasteiger partial charge in [-0.2, -0.15) is 0 Å². The fraction of sp³-hybridized carbons (Fsp3) is 0.929. The third-order valence-corrected chi connectivity index (χ3v) is 4.25. The van der Waals surface area contributed by atoms with Crippen molar-refractivity contribution in [3.8, 4) is 0 Å². The summed E-state index contributed by atoms with van der Waals surface area (Å²) in [5.41, 5.74) is 0. The van der Waals surface area contributed by atoms with Gasteiger partial charge in [-0.3, -0.25) is 9.69 Å². The lowest BCUT2D eigenvalue weighted by Gasteiger charge is -2.43. The number of piperazine rings is 1. The van der Waals surface area contributed by atoms with Crippen LogP contribution in [0.1, 0.15) is 20.3 Å². The van der Waals surface area contributed by atoms with E-state index in [4.69, 9.17) is 4.74 Å². The van der Waals surface area contributed by atoms with Crippen LogP contribution >= 0.6 is 12.4 Å². The van der Waals surface area contributed by atoms with Crippen molar-refractivity contribution in [3.63, 3.8) is 0 Å². The molecule has 6 heteroatoms. The average Bonchev–Trinajstić information content (AvgIpc) is 2.37. The van der Waals surface area contributed by atoms with Crippen molar-refractivity contribution in [3.05, 3.63) is 0 Å². The lowest BCUT2D eigenvalue weighted by Crippen LogP contribution is -2.59. The molecule has 20 heavy (non-hydrogen) atoms. The maximum absolute atomic E-state index is 12.3. The van der Waals surface area contributed by atoms with Crippen molar-refractivity contribution in [1.82, 2.24) is 15.1 Å². The van der Waals surface area contributed by atoms with Crippen molar-refractivity contribution in [2.45, 2.75) is 26.3 Å². The van der Waals surface area contributed by atoms with Crippen molar-refractivity contribution in [2.24, 2.45) is 5.92 Å². The number of hydrogen-bond donors (Lipinski definition) is 1. The summed E-state index contributed by atoms with van der Waals surface area (Å²) in [5.74, 6) is 0.578. The Kier molecular flexibility index (Phi) is 7.80. The minimum atomic E-state index is 0. The number of carbonyl (C=O) groups is 1. The second kappa shape index (κ2) is 8.82. The fourth-order valence-electron chi connectivity index (χ4n) is 2.82. The fourth-order valence-corrected chi connectivity index (χ4v) is 2.82. The molecule has 2 aliphatic heterocycles. The van der Waals surface area contributed by atoms with E-state index in [9.17, 15) is 4.79 Å². The average molecular weight is 306 g/mol. The number of carbonyl (C=O) groups excluding carboxylic acids is 1. The molecule has 1 atom stereocenters. The van der Waals surface area contributed by atoms with Crippen molar-refractivity contribution < 1.29 is 9.53 Å². The van der Waals surface area contributed by atoms with E-state index in [-0.39, 0.29) is 18.3 Å². The normalized spacial score (nSPS) is 24.1. The molecule has 1 unspecified atom stereocenters. The highest BCUT2D eigenvalue weighted by Crippen LogP contribution is 2.16. The van der Waals surface area contributed by atoms with E-state index in [2.05, 4.69) is 22.0 Å². The summed E-state index contributed by atoms with van der Waals surface area (Å²) in [6.45, 7) is 11.3. The Morgan fingerprint density at radius 3 is 2.60 bits per heavy atom. The molecule has 0 radical (unpaired) electrons. The van der Waals surface area contributed by atoms with Crippen LogP contribution in [-0.4, -0.2) is 74.2 Å².